The Morgan fingerprint density at radius 1 is 0.551 bits per heavy atom. The van der Waals surface area contributed by atoms with Crippen molar-refractivity contribution in [3.8, 4) is 5.75 Å². The predicted octanol–water partition coefficient (Wildman–Crippen LogP) is -2.37. The van der Waals surface area contributed by atoms with Crippen molar-refractivity contribution in [3.05, 3.63) is 120 Å². The van der Waals surface area contributed by atoms with Gasteiger partial charge in [0.1, 0.15) is 103 Å². The van der Waals surface area contributed by atoms with Crippen LogP contribution in [0, 0.1) is 0 Å². The van der Waals surface area contributed by atoms with Crippen molar-refractivity contribution in [2.24, 2.45) is 5.73 Å². The molecule has 15 atom stereocenters. The Morgan fingerprint density at radius 2 is 1.13 bits per heavy atom. The second kappa shape index (κ2) is 51.3. The lowest BCUT2D eigenvalue weighted by atomic mass is 10.00. The standard InChI is InChI=1S/C92H124N20O25S/c1-8-10-22-71-85(130)99-61(21-16-32-93)81(126)106-69(80(125)96-40-50(3)114)47-138-48-75(117)98-65(34-52-26-28-56(115)29-27-52)88(133)107(5)51(4)79(124)103-67(39-77(120)121)91(136)111-33-17-25-72(111)86(131)102-64(37-55-42-94-49-97-55)83(128)100-62(30-31-76(118)119)90(135)112-44-57(116)38-74(112)87(132)101-63(35-53-41-95-60-20-14-12-18-58(53)60)82(127)105-68(46-113)84(129)104-66(89(134)109(7)73(23-11-9-2)92(137)108(71)6)36-54-43-110(45-78(122)123)70-24-15-13-19-59(54)70/h12-15,18-20,24,26-29,41-43,49,51,57,61-69,71-74,95,113,115-116H,8-11,16-17,21-23,25,30-40,44-48,93H2,1-7H3,(H,94,97)(H,96,125)(H,98,117)(H,99,130)(H,100,128)(H,101,132)(H,102,131)(H,103,124)(H,104,129)(H,105,127)(H,106,126)(H,118,119)(H,120,121)(H,122,123)/t51-,57+,61-,62-,63-,64-,65-,66-,67-,68-,69-,71-,72-,73-,74-/m0/s1. The summed E-state index contributed by atoms with van der Waals surface area (Å²) < 4.78 is 1.39. The van der Waals surface area contributed by atoms with E-state index in [1.165, 1.54) is 88.7 Å². The summed E-state index contributed by atoms with van der Waals surface area (Å²) in [7, 11) is 3.77. The molecule has 6 aromatic rings. The number of aromatic hydroxyl groups is 1. The normalized spacial score (nSPS) is 24.4. The number of carboxylic acids is 3. The Balaban J connectivity index is 1.12. The number of carbonyl (C=O) groups excluding carboxylic acids is 16. The minimum atomic E-state index is -2.01. The number of rotatable bonds is 28. The summed E-state index contributed by atoms with van der Waals surface area (Å²) in [4.78, 5) is 290. The number of carboxylic acid groups (broad SMARTS) is 3. The van der Waals surface area contributed by atoms with Crippen LogP contribution >= 0.6 is 11.8 Å². The number of aromatic nitrogens is 4. The molecule has 0 saturated carbocycles. The van der Waals surface area contributed by atoms with Gasteiger partial charge in [-0.2, -0.15) is 0 Å². The summed E-state index contributed by atoms with van der Waals surface area (Å²) in [5, 5.41) is 90.1. The van der Waals surface area contributed by atoms with E-state index in [1.807, 2.05) is 13.8 Å². The number of thioether (sulfide) groups is 1. The van der Waals surface area contributed by atoms with Crippen molar-refractivity contribution in [2.45, 2.75) is 241 Å². The van der Waals surface area contributed by atoms with Gasteiger partial charge >= 0.3 is 17.9 Å². The van der Waals surface area contributed by atoms with Crippen LogP contribution in [0.5, 0.6) is 5.75 Å². The third-order valence-electron chi connectivity index (χ3n) is 24.5. The zero-order chi connectivity index (χ0) is 101. The SMILES string of the molecule is CCCC[C@H]1C(=O)N(C)[C@@H](CCCC)C(=O)N[C@@H](CCCN)C(=O)N[C@H](C(=O)NCC(C)=O)CSCC(=O)N[C@@H](Cc2ccc(O)cc2)C(=O)N(C)[C@@H](C)C(=O)N[C@@H](CC(=O)O)C(=O)N2CCC[C@H]2C(=O)N[C@@H](Cc2cnc[nH]2)C(=O)N[C@@H](CCC(=O)O)C(=O)N2C[C@H](O)C[C@H]2C(=O)N[C@@H](Cc2c[nH]c3ccccc23)C(=O)N[C@@H](CO)C(=O)N[C@@H](Cc2cn(CC(=O)O)c3ccccc23)C(=O)N1C. The molecule has 748 valence electrons. The van der Waals surface area contributed by atoms with Crippen LogP contribution in [0.4, 0.5) is 0 Å². The Kier molecular flexibility index (Phi) is 40.1. The number of ketones is 1. The summed E-state index contributed by atoms with van der Waals surface area (Å²) >= 11 is 0.769. The number of carbonyl (C=O) groups is 19. The molecule has 3 aromatic carbocycles. The molecular formula is C92H124N20O25S. The Morgan fingerprint density at radius 3 is 1.78 bits per heavy atom. The van der Waals surface area contributed by atoms with E-state index < -0.39 is 286 Å². The van der Waals surface area contributed by atoms with Gasteiger partial charge in [-0.1, -0.05) is 88.1 Å². The number of unbranched alkanes of at least 4 members (excludes halogenated alkanes) is 2. The molecule has 46 heteroatoms. The number of imidazole rings is 1. The topological polar surface area (TPSA) is 658 Å². The first kappa shape index (κ1) is 108. The van der Waals surface area contributed by atoms with E-state index >= 15 is 38.4 Å². The Bertz CT molecular complexity index is 5380. The number of aliphatic hydroxyl groups is 2. The number of aromatic amines is 2. The molecule has 20 N–H and O–H groups in total. The van der Waals surface area contributed by atoms with E-state index in [1.54, 1.807) is 48.5 Å². The number of aliphatic carboxylic acids is 3. The van der Waals surface area contributed by atoms with Crippen molar-refractivity contribution in [3.63, 3.8) is 0 Å². The fourth-order valence-electron chi connectivity index (χ4n) is 16.9. The molecule has 45 nitrogen and oxygen atoms in total. The number of aliphatic hydroxyl groups excluding tert-OH is 2. The quantitative estimate of drug-likeness (QED) is 0.0244. The van der Waals surface area contributed by atoms with E-state index in [0.717, 1.165) is 36.3 Å². The molecule has 0 bridgehead atoms. The van der Waals surface area contributed by atoms with Gasteiger partial charge in [-0.15, -0.1) is 11.8 Å². The maximum Gasteiger partial charge on any atom is 0.323 e. The second-order valence-corrected chi connectivity index (χ2v) is 35.8. The minimum Gasteiger partial charge on any atom is -0.508 e. The van der Waals surface area contributed by atoms with Gasteiger partial charge in [0.15, 0.2) is 0 Å². The molecule has 3 aliphatic heterocycles. The summed E-state index contributed by atoms with van der Waals surface area (Å²) in [6.45, 7) is 2.86. The highest BCUT2D eigenvalue weighted by atomic mass is 32.2. The number of nitrogens with one attached hydrogen (secondary N) is 12. The number of nitrogens with two attached hydrogens (primary N) is 1. The van der Waals surface area contributed by atoms with Crippen molar-refractivity contribution in [2.75, 3.05) is 65.4 Å². The van der Waals surface area contributed by atoms with E-state index in [4.69, 9.17) is 5.73 Å². The first-order valence-electron chi connectivity index (χ1n) is 45.7. The van der Waals surface area contributed by atoms with Crippen molar-refractivity contribution >= 4 is 146 Å². The molecule has 3 fully saturated rings. The number of phenolic OH excluding ortho intramolecular Hbond substituents is 1. The highest BCUT2D eigenvalue weighted by molar-refractivity contribution is 8.00. The van der Waals surface area contributed by atoms with Crippen molar-refractivity contribution < 1.29 is 122 Å². The van der Waals surface area contributed by atoms with Crippen molar-refractivity contribution in [1.29, 1.82) is 0 Å². The largest absolute Gasteiger partial charge is 0.508 e. The Hall–Kier alpha value is -13.9. The smallest absolute Gasteiger partial charge is 0.323 e. The molecule has 3 aromatic heterocycles. The van der Waals surface area contributed by atoms with Crippen LogP contribution in [0.15, 0.2) is 97.7 Å². The average molecular weight is 1940 g/mol. The molecule has 0 radical (unpaired) electrons. The molecule has 0 aliphatic carbocycles. The van der Waals surface area contributed by atoms with Gasteiger partial charge in [-0.3, -0.25) is 91.1 Å². The van der Waals surface area contributed by atoms with Gasteiger partial charge in [-0.05, 0) is 106 Å². The lowest BCUT2D eigenvalue weighted by molar-refractivity contribution is -0.149. The first-order valence-corrected chi connectivity index (χ1v) is 46.9. The number of likely N-dealkylation sites (N-methyl/N-ethyl adjacent to an activating group) is 3. The van der Waals surface area contributed by atoms with Crippen LogP contribution in [-0.4, -0.2) is 343 Å². The molecule has 3 aliphatic rings. The third kappa shape index (κ3) is 29.6. The minimum absolute atomic E-state index is 0.0222. The number of H-pyrrole nitrogens is 2. The summed E-state index contributed by atoms with van der Waals surface area (Å²) in [6, 6.07) is -4.64. The molecule has 3 saturated heterocycles. The van der Waals surface area contributed by atoms with Crippen LogP contribution < -0.4 is 58.9 Å². The van der Waals surface area contributed by atoms with Gasteiger partial charge in [-0.25, -0.2) is 4.98 Å². The van der Waals surface area contributed by atoms with Gasteiger partial charge in [0.2, 0.25) is 88.6 Å². The molecule has 0 unspecified atom stereocenters. The van der Waals surface area contributed by atoms with E-state index in [-0.39, 0.29) is 81.5 Å². The van der Waals surface area contributed by atoms with Gasteiger partial charge in [0.05, 0.1) is 37.8 Å². The van der Waals surface area contributed by atoms with Gasteiger partial charge in [0.25, 0.3) is 0 Å². The maximum atomic E-state index is 15.9. The lowest BCUT2D eigenvalue weighted by Crippen LogP contribution is -2.61. The van der Waals surface area contributed by atoms with E-state index in [2.05, 4.69) is 68.1 Å². The van der Waals surface area contributed by atoms with Gasteiger partial charge < -0.3 is 129 Å². The van der Waals surface area contributed by atoms with Crippen LogP contribution in [0.2, 0.25) is 0 Å². The van der Waals surface area contributed by atoms with E-state index in [0.29, 0.717) is 52.2 Å². The number of Topliss-reactive ketones (excluding diaryl/α,β-unsaturated/α-hetero) is 1. The number of fused-ring (bicyclic) bond motifs is 4. The van der Waals surface area contributed by atoms with Crippen molar-refractivity contribution in [1.82, 2.24) is 97.2 Å². The maximum absolute atomic E-state index is 15.9. The van der Waals surface area contributed by atoms with E-state index in [9.17, 15) is 83.4 Å². The number of hydrogen-bond acceptors (Lipinski definition) is 25. The third-order valence-corrected chi connectivity index (χ3v) is 25.6. The number of hydrogen-bond donors (Lipinski definition) is 19. The van der Waals surface area contributed by atoms with Crippen LogP contribution in [0.3, 0.4) is 0 Å². The molecule has 15 amide bonds. The summed E-state index contributed by atoms with van der Waals surface area (Å²) in [5.74, 6) is -21.3. The fraction of sp³-hybridized carbons (Fsp3) is 0.522. The van der Waals surface area contributed by atoms with Crippen LogP contribution in [-0.2, 0) is 123 Å². The highest BCUT2D eigenvalue weighted by Crippen LogP contribution is 2.29. The monoisotopic (exact) mass is 1940 g/mol. The zero-order valence-corrected chi connectivity index (χ0v) is 78.7. The average Bonchev–Trinajstić information content (AvgIpc) is 1.63. The number of amides is 15. The summed E-state index contributed by atoms with van der Waals surface area (Å²) in [5.41, 5.74) is 8.22. The predicted molar refractivity (Wildman–Crippen MR) is 498 cm³/mol. The molecule has 138 heavy (non-hydrogen) atoms. The molecule has 6 heterocycles. The number of benzene rings is 3. The highest BCUT2D eigenvalue weighted by Gasteiger charge is 2.47. The fourth-order valence-corrected chi connectivity index (χ4v) is 17.7. The van der Waals surface area contributed by atoms with Crippen LogP contribution in [0.1, 0.15) is 140 Å². The number of phenols is 1. The number of para-hydroxylation sites is 2. The van der Waals surface area contributed by atoms with Gasteiger partial charge in [0, 0.05) is 125 Å². The molecule has 0 spiro atoms. The Labute approximate surface area is 798 Å². The zero-order valence-electron chi connectivity index (χ0n) is 77.8. The first-order chi connectivity index (χ1) is 65.7. The molecule has 9 rings (SSSR count). The molecular weight excluding hydrogens is 1820 g/mol. The van der Waals surface area contributed by atoms with Crippen LogP contribution in [0.25, 0.3) is 21.8 Å². The lowest BCUT2D eigenvalue weighted by Gasteiger charge is -2.36. The summed E-state index contributed by atoms with van der Waals surface area (Å²) in [6.07, 6.45) is 0.538. The number of nitrogens with zero attached hydrogens (tertiary/aromatic N) is 7. The second-order valence-electron chi connectivity index (χ2n) is 34.7.